The molecule has 126 valence electrons. The Morgan fingerprint density at radius 3 is 2.58 bits per heavy atom. The summed E-state index contributed by atoms with van der Waals surface area (Å²) in [6.45, 7) is 0.0967. The number of ether oxygens (including phenoxy) is 1. The normalized spacial score (nSPS) is 10.4. The van der Waals surface area contributed by atoms with Crippen LogP contribution in [0.5, 0.6) is 0 Å². The molecule has 0 saturated carbocycles. The minimum Gasteiger partial charge on any atom is -0.475 e. The highest BCUT2D eigenvalue weighted by molar-refractivity contribution is 7.99. The summed E-state index contributed by atoms with van der Waals surface area (Å²) in [6, 6.07) is 6.02. The number of carboxylic acid groups (broad SMARTS) is 1. The van der Waals surface area contributed by atoms with Gasteiger partial charge in [0.1, 0.15) is 6.61 Å². The molecule has 0 fully saturated rings. The monoisotopic (exact) mass is 351 g/mol. The van der Waals surface area contributed by atoms with Crippen molar-refractivity contribution in [2.24, 2.45) is 7.05 Å². The molecule has 0 amide bonds. The molecule has 0 bridgehead atoms. The highest BCUT2D eigenvalue weighted by Crippen LogP contribution is 2.21. The first-order chi connectivity index (χ1) is 11.4. The van der Waals surface area contributed by atoms with Crippen LogP contribution in [0.25, 0.3) is 0 Å². The molecular formula is C14H13N3O6S. The van der Waals surface area contributed by atoms with E-state index in [1.54, 1.807) is 12.1 Å². The summed E-state index contributed by atoms with van der Waals surface area (Å²) >= 11 is 1.37. The quantitative estimate of drug-likeness (QED) is 0.264. The summed E-state index contributed by atoms with van der Waals surface area (Å²) in [7, 11) is 1.47. The second kappa shape index (κ2) is 7.59. The Balaban J connectivity index is 1.81. The molecule has 1 N–H and O–H groups in total. The van der Waals surface area contributed by atoms with Gasteiger partial charge in [-0.1, -0.05) is 0 Å². The van der Waals surface area contributed by atoms with Crippen molar-refractivity contribution in [1.82, 2.24) is 9.55 Å². The SMILES string of the molecule is Cn1cc(C(=O)OCCSc2ccc([N+](=O)[O-])cc2)nc1C(=O)O. The molecule has 0 radical (unpaired) electrons. The molecule has 0 saturated heterocycles. The topological polar surface area (TPSA) is 125 Å². The van der Waals surface area contributed by atoms with E-state index in [0.717, 1.165) is 4.90 Å². The van der Waals surface area contributed by atoms with Crippen LogP contribution in [0, 0.1) is 10.1 Å². The molecular weight excluding hydrogens is 338 g/mol. The van der Waals surface area contributed by atoms with Gasteiger partial charge in [0.15, 0.2) is 5.69 Å². The Kier molecular flexibility index (Phi) is 5.53. The van der Waals surface area contributed by atoms with Gasteiger partial charge in [0.2, 0.25) is 5.82 Å². The average Bonchev–Trinajstić information content (AvgIpc) is 2.94. The van der Waals surface area contributed by atoms with Crippen molar-refractivity contribution < 1.29 is 24.4 Å². The summed E-state index contributed by atoms with van der Waals surface area (Å²) < 4.78 is 6.25. The predicted molar refractivity (Wildman–Crippen MR) is 84.3 cm³/mol. The number of benzene rings is 1. The summed E-state index contributed by atoms with van der Waals surface area (Å²) in [5.41, 5.74) is -0.0644. The first-order valence-electron chi connectivity index (χ1n) is 6.69. The van der Waals surface area contributed by atoms with Crippen LogP contribution in [-0.2, 0) is 11.8 Å². The van der Waals surface area contributed by atoms with Crippen LogP contribution in [0.2, 0.25) is 0 Å². The Labute approximate surface area is 140 Å². The van der Waals surface area contributed by atoms with Crippen LogP contribution in [0.3, 0.4) is 0 Å². The summed E-state index contributed by atoms with van der Waals surface area (Å²) in [4.78, 5) is 37.2. The van der Waals surface area contributed by atoms with Crippen molar-refractivity contribution in [2.75, 3.05) is 12.4 Å². The van der Waals surface area contributed by atoms with Crippen molar-refractivity contribution in [3.05, 3.63) is 52.1 Å². The van der Waals surface area contributed by atoms with Crippen LogP contribution >= 0.6 is 11.8 Å². The number of carboxylic acids is 1. The van der Waals surface area contributed by atoms with Gasteiger partial charge in [0.25, 0.3) is 5.69 Å². The van der Waals surface area contributed by atoms with Crippen LogP contribution in [0.4, 0.5) is 5.69 Å². The van der Waals surface area contributed by atoms with Crippen molar-refractivity contribution >= 4 is 29.4 Å². The maximum atomic E-state index is 11.8. The van der Waals surface area contributed by atoms with Crippen molar-refractivity contribution in [3.63, 3.8) is 0 Å². The molecule has 24 heavy (non-hydrogen) atoms. The average molecular weight is 351 g/mol. The number of esters is 1. The third kappa shape index (κ3) is 4.32. The number of nitrogens with zero attached hydrogens (tertiary/aromatic N) is 3. The lowest BCUT2D eigenvalue weighted by molar-refractivity contribution is -0.384. The van der Waals surface area contributed by atoms with Gasteiger partial charge in [-0.2, -0.15) is 0 Å². The zero-order chi connectivity index (χ0) is 17.7. The van der Waals surface area contributed by atoms with E-state index in [-0.39, 0.29) is 23.8 Å². The molecule has 0 aliphatic heterocycles. The lowest BCUT2D eigenvalue weighted by atomic mass is 10.3. The lowest BCUT2D eigenvalue weighted by Gasteiger charge is -2.03. The van der Waals surface area contributed by atoms with Gasteiger partial charge in [-0.3, -0.25) is 10.1 Å². The van der Waals surface area contributed by atoms with E-state index in [0.29, 0.717) is 5.75 Å². The fourth-order valence-corrected chi connectivity index (χ4v) is 2.53. The number of rotatable bonds is 7. The molecule has 2 rings (SSSR count). The van der Waals surface area contributed by atoms with Gasteiger partial charge in [-0.05, 0) is 12.1 Å². The van der Waals surface area contributed by atoms with E-state index >= 15 is 0 Å². The molecule has 0 aliphatic rings. The van der Waals surface area contributed by atoms with Crippen molar-refractivity contribution in [1.29, 1.82) is 0 Å². The first kappa shape index (κ1) is 17.5. The minimum atomic E-state index is -1.23. The zero-order valence-corrected chi connectivity index (χ0v) is 13.4. The number of carbonyl (C=O) groups is 2. The molecule has 10 heteroatoms. The fraction of sp³-hybridized carbons (Fsp3) is 0.214. The number of nitro groups is 1. The Morgan fingerprint density at radius 1 is 1.38 bits per heavy atom. The number of thioether (sulfide) groups is 1. The van der Waals surface area contributed by atoms with Crippen LogP contribution in [0.1, 0.15) is 21.1 Å². The Hall–Kier alpha value is -2.88. The van der Waals surface area contributed by atoms with Crippen molar-refractivity contribution in [2.45, 2.75) is 4.90 Å². The second-order valence-electron chi connectivity index (χ2n) is 4.60. The van der Waals surface area contributed by atoms with Gasteiger partial charge in [-0.25, -0.2) is 14.6 Å². The largest absolute Gasteiger partial charge is 0.475 e. The second-order valence-corrected chi connectivity index (χ2v) is 5.77. The molecule has 0 aliphatic carbocycles. The number of hydrogen-bond donors (Lipinski definition) is 1. The first-order valence-corrected chi connectivity index (χ1v) is 7.68. The Morgan fingerprint density at radius 2 is 2.04 bits per heavy atom. The smallest absolute Gasteiger partial charge is 0.372 e. The zero-order valence-electron chi connectivity index (χ0n) is 12.5. The van der Waals surface area contributed by atoms with E-state index in [4.69, 9.17) is 9.84 Å². The number of imidazole rings is 1. The maximum Gasteiger partial charge on any atom is 0.372 e. The number of aromatic carboxylic acids is 1. The number of nitro benzene ring substituents is 1. The van der Waals surface area contributed by atoms with Crippen molar-refractivity contribution in [3.8, 4) is 0 Å². The highest BCUT2D eigenvalue weighted by atomic mass is 32.2. The van der Waals surface area contributed by atoms with Gasteiger partial charge < -0.3 is 14.4 Å². The van der Waals surface area contributed by atoms with Crippen LogP contribution in [0.15, 0.2) is 35.4 Å². The van der Waals surface area contributed by atoms with Gasteiger partial charge in [0.05, 0.1) is 4.92 Å². The maximum absolute atomic E-state index is 11.8. The molecule has 1 heterocycles. The number of aromatic nitrogens is 2. The van der Waals surface area contributed by atoms with E-state index in [2.05, 4.69) is 4.98 Å². The summed E-state index contributed by atoms with van der Waals surface area (Å²) in [5.74, 6) is -1.74. The number of hydrogen-bond acceptors (Lipinski definition) is 7. The van der Waals surface area contributed by atoms with Gasteiger partial charge in [0, 0.05) is 36.0 Å². The molecule has 0 atom stereocenters. The molecule has 9 nitrogen and oxygen atoms in total. The molecule has 2 aromatic rings. The van der Waals surface area contributed by atoms with E-state index in [1.165, 1.54) is 41.7 Å². The highest BCUT2D eigenvalue weighted by Gasteiger charge is 2.17. The van der Waals surface area contributed by atoms with Crippen LogP contribution in [-0.4, -0.2) is 43.9 Å². The van der Waals surface area contributed by atoms with Crippen LogP contribution < -0.4 is 0 Å². The van der Waals surface area contributed by atoms with Gasteiger partial charge in [-0.15, -0.1) is 11.8 Å². The van der Waals surface area contributed by atoms with E-state index < -0.39 is 16.9 Å². The number of aryl methyl sites for hydroxylation is 1. The lowest BCUT2D eigenvalue weighted by Crippen LogP contribution is -2.09. The Bertz CT molecular complexity index is 771. The van der Waals surface area contributed by atoms with Gasteiger partial charge >= 0.3 is 11.9 Å². The van der Waals surface area contributed by atoms with E-state index in [1.807, 2.05) is 0 Å². The molecule has 1 aromatic heterocycles. The number of non-ortho nitro benzene ring substituents is 1. The minimum absolute atomic E-state index is 0.00941. The standard InChI is InChI=1S/C14H13N3O6S/c1-16-8-11(15-12(16)13(18)19)14(20)23-6-7-24-10-4-2-9(3-5-10)17(21)22/h2-5,8H,6-7H2,1H3,(H,18,19). The molecule has 0 unspecified atom stereocenters. The summed E-state index contributed by atoms with van der Waals surface area (Å²) in [5, 5.41) is 19.4. The summed E-state index contributed by atoms with van der Waals surface area (Å²) in [6.07, 6.45) is 1.29. The third-order valence-electron chi connectivity index (χ3n) is 2.91. The fourth-order valence-electron chi connectivity index (χ4n) is 1.80. The third-order valence-corrected chi connectivity index (χ3v) is 3.89. The number of carbonyl (C=O) groups excluding carboxylic acids is 1. The molecule has 1 aromatic carbocycles. The van der Waals surface area contributed by atoms with E-state index in [9.17, 15) is 19.7 Å². The molecule has 0 spiro atoms. The predicted octanol–water partition coefficient (Wildman–Crippen LogP) is 1.98.